The number of piperidine rings is 1. The SMILES string of the molecule is Cc1cc(-c2sc(C3CCN(C4CC4)CC3)nc2-c2cccc(NS(=O)(=O)c3cc(F)ccc3F)c2F)ccn1. The molecule has 0 unspecified atom stereocenters. The van der Waals surface area contributed by atoms with Gasteiger partial charge in [0.15, 0.2) is 5.82 Å². The van der Waals surface area contributed by atoms with Crippen LogP contribution in [-0.2, 0) is 10.0 Å². The van der Waals surface area contributed by atoms with Crippen molar-refractivity contribution in [3.63, 3.8) is 0 Å². The first-order valence-corrected chi connectivity index (χ1v) is 15.4. The summed E-state index contributed by atoms with van der Waals surface area (Å²) in [4.78, 5) is 11.6. The van der Waals surface area contributed by atoms with Crippen LogP contribution in [0.4, 0.5) is 18.9 Å². The predicted octanol–water partition coefficient (Wildman–Crippen LogP) is 6.74. The van der Waals surface area contributed by atoms with Crippen LogP contribution in [0.3, 0.4) is 0 Å². The Balaban J connectivity index is 1.38. The van der Waals surface area contributed by atoms with Gasteiger partial charge in [-0.2, -0.15) is 0 Å². The molecule has 2 aromatic heterocycles. The van der Waals surface area contributed by atoms with Crippen molar-refractivity contribution in [1.82, 2.24) is 14.9 Å². The molecule has 1 aliphatic heterocycles. The molecule has 6 nitrogen and oxygen atoms in total. The van der Waals surface area contributed by atoms with E-state index in [1.54, 1.807) is 12.3 Å². The molecule has 2 aromatic carbocycles. The fourth-order valence-corrected chi connectivity index (χ4v) is 7.60. The second kappa shape index (κ2) is 10.6. The van der Waals surface area contributed by atoms with Crippen LogP contribution in [0, 0.1) is 24.4 Å². The molecule has 0 spiro atoms. The molecule has 40 heavy (non-hydrogen) atoms. The van der Waals surface area contributed by atoms with Crippen LogP contribution in [0.5, 0.6) is 0 Å². The first-order chi connectivity index (χ1) is 19.2. The summed E-state index contributed by atoms with van der Waals surface area (Å²) in [5, 5.41) is 0.919. The van der Waals surface area contributed by atoms with Gasteiger partial charge in [-0.25, -0.2) is 26.6 Å². The Labute approximate surface area is 235 Å². The summed E-state index contributed by atoms with van der Waals surface area (Å²) in [6, 6.07) is 10.8. The van der Waals surface area contributed by atoms with E-state index in [2.05, 4.69) is 14.6 Å². The third-order valence-corrected chi connectivity index (χ3v) is 10.1. The van der Waals surface area contributed by atoms with Gasteiger partial charge in [0, 0.05) is 29.4 Å². The van der Waals surface area contributed by atoms with Gasteiger partial charge in [-0.1, -0.05) is 6.07 Å². The Kier molecular flexibility index (Phi) is 7.14. The lowest BCUT2D eigenvalue weighted by molar-refractivity contribution is 0.203. The van der Waals surface area contributed by atoms with Crippen molar-refractivity contribution in [1.29, 1.82) is 0 Å². The van der Waals surface area contributed by atoms with Crippen molar-refractivity contribution in [3.05, 3.63) is 82.9 Å². The predicted molar refractivity (Wildman–Crippen MR) is 149 cm³/mol. The lowest BCUT2D eigenvalue weighted by Crippen LogP contribution is -2.34. The molecular weight excluding hydrogens is 557 g/mol. The first kappa shape index (κ1) is 26.9. The molecule has 1 saturated heterocycles. The minimum atomic E-state index is -4.61. The highest BCUT2D eigenvalue weighted by molar-refractivity contribution is 7.92. The van der Waals surface area contributed by atoms with Crippen LogP contribution < -0.4 is 4.72 Å². The van der Waals surface area contributed by atoms with Gasteiger partial charge in [-0.15, -0.1) is 11.3 Å². The van der Waals surface area contributed by atoms with Gasteiger partial charge >= 0.3 is 0 Å². The fraction of sp³-hybridized carbons (Fsp3) is 0.310. The summed E-state index contributed by atoms with van der Waals surface area (Å²) in [6.45, 7) is 3.90. The normalized spacial score (nSPS) is 16.8. The zero-order valence-corrected chi connectivity index (χ0v) is 23.3. The van der Waals surface area contributed by atoms with E-state index in [1.807, 2.05) is 19.1 Å². The number of likely N-dealkylation sites (tertiary alicyclic amines) is 1. The van der Waals surface area contributed by atoms with Crippen molar-refractivity contribution in [3.8, 4) is 21.7 Å². The summed E-state index contributed by atoms with van der Waals surface area (Å²) in [5.41, 5.74) is 1.78. The summed E-state index contributed by atoms with van der Waals surface area (Å²) in [6.07, 6.45) is 6.17. The molecule has 11 heteroatoms. The van der Waals surface area contributed by atoms with Crippen LogP contribution in [-0.4, -0.2) is 42.4 Å². The molecule has 0 bridgehead atoms. The van der Waals surface area contributed by atoms with Crippen molar-refractivity contribution in [2.45, 2.75) is 49.5 Å². The van der Waals surface area contributed by atoms with E-state index in [1.165, 1.54) is 36.3 Å². The highest BCUT2D eigenvalue weighted by Gasteiger charge is 2.34. The van der Waals surface area contributed by atoms with E-state index >= 15 is 4.39 Å². The molecule has 0 amide bonds. The van der Waals surface area contributed by atoms with Gasteiger partial charge in [0.25, 0.3) is 10.0 Å². The first-order valence-electron chi connectivity index (χ1n) is 13.1. The third-order valence-electron chi connectivity index (χ3n) is 7.43. The molecule has 1 saturated carbocycles. The monoisotopic (exact) mass is 584 g/mol. The quantitative estimate of drug-likeness (QED) is 0.260. The number of thiazole rings is 1. The van der Waals surface area contributed by atoms with E-state index in [0.717, 1.165) is 53.1 Å². The Morgan fingerprint density at radius 3 is 2.50 bits per heavy atom. The zero-order chi connectivity index (χ0) is 28.0. The van der Waals surface area contributed by atoms with E-state index in [9.17, 15) is 17.2 Å². The Bertz CT molecular complexity index is 1680. The number of rotatable bonds is 7. The Hall–Kier alpha value is -3.28. The van der Waals surface area contributed by atoms with E-state index in [4.69, 9.17) is 4.98 Å². The van der Waals surface area contributed by atoms with Crippen LogP contribution in [0.2, 0.25) is 0 Å². The topological polar surface area (TPSA) is 75.2 Å². The standard InChI is InChI=1S/C29H27F3N4O2S2/c1-17-15-19(9-12-33-17)28-27(34-29(39-28)18-10-13-36(14-11-18)21-6-7-21)22-3-2-4-24(26(22)32)35-40(37,38)25-16-20(30)5-8-23(25)31/h2-5,8-9,12,15-16,18,21,35H,6-7,10-11,13-14H2,1H3. The molecule has 0 atom stereocenters. The van der Waals surface area contributed by atoms with Crippen LogP contribution in [0.15, 0.2) is 59.6 Å². The number of aromatic nitrogens is 2. The van der Waals surface area contributed by atoms with Crippen molar-refractivity contribution < 1.29 is 21.6 Å². The number of benzene rings is 2. The second-order valence-corrected chi connectivity index (χ2v) is 13.0. The number of pyridine rings is 1. The molecule has 208 valence electrons. The van der Waals surface area contributed by atoms with Gasteiger partial charge in [0.2, 0.25) is 0 Å². The zero-order valence-electron chi connectivity index (χ0n) is 21.7. The van der Waals surface area contributed by atoms with E-state index < -0.39 is 32.4 Å². The molecule has 1 aliphatic carbocycles. The Morgan fingerprint density at radius 2 is 1.77 bits per heavy atom. The number of anilines is 1. The molecule has 4 aromatic rings. The van der Waals surface area contributed by atoms with Crippen LogP contribution in [0.25, 0.3) is 21.7 Å². The number of nitrogens with zero attached hydrogens (tertiary/aromatic N) is 3. The Morgan fingerprint density at radius 1 is 1.00 bits per heavy atom. The largest absolute Gasteiger partial charge is 0.300 e. The van der Waals surface area contributed by atoms with Crippen LogP contribution >= 0.6 is 11.3 Å². The molecular formula is C29H27F3N4O2S2. The molecule has 6 rings (SSSR count). The number of halogens is 3. The maximum Gasteiger partial charge on any atom is 0.265 e. The molecule has 2 fully saturated rings. The van der Waals surface area contributed by atoms with Gasteiger partial charge in [-0.05, 0) is 93.7 Å². The lowest BCUT2D eigenvalue weighted by atomic mass is 9.97. The second-order valence-electron chi connectivity index (χ2n) is 10.3. The summed E-state index contributed by atoms with van der Waals surface area (Å²) in [7, 11) is -4.61. The summed E-state index contributed by atoms with van der Waals surface area (Å²) in [5.74, 6) is -2.67. The lowest BCUT2D eigenvalue weighted by Gasteiger charge is -2.30. The minimum absolute atomic E-state index is 0.113. The maximum atomic E-state index is 16.0. The average Bonchev–Trinajstić information content (AvgIpc) is 3.69. The minimum Gasteiger partial charge on any atom is -0.300 e. The summed E-state index contributed by atoms with van der Waals surface area (Å²) >= 11 is 1.52. The van der Waals surface area contributed by atoms with Gasteiger partial charge < -0.3 is 4.90 Å². The molecule has 3 heterocycles. The number of hydrogen-bond donors (Lipinski definition) is 1. The molecule has 2 aliphatic rings. The number of nitrogens with one attached hydrogen (secondary N) is 1. The van der Waals surface area contributed by atoms with Gasteiger partial charge in [0.05, 0.1) is 21.3 Å². The highest BCUT2D eigenvalue weighted by atomic mass is 32.2. The number of sulfonamides is 1. The maximum absolute atomic E-state index is 16.0. The average molecular weight is 585 g/mol. The highest BCUT2D eigenvalue weighted by Crippen LogP contribution is 2.44. The number of hydrogen-bond acceptors (Lipinski definition) is 6. The third kappa shape index (κ3) is 5.37. The number of aryl methyl sites for hydroxylation is 1. The smallest absolute Gasteiger partial charge is 0.265 e. The van der Waals surface area contributed by atoms with Crippen molar-refractivity contribution in [2.75, 3.05) is 17.8 Å². The van der Waals surface area contributed by atoms with Crippen LogP contribution in [0.1, 0.15) is 42.3 Å². The van der Waals surface area contributed by atoms with Crippen molar-refractivity contribution >= 4 is 27.0 Å². The van der Waals surface area contributed by atoms with E-state index in [-0.39, 0.29) is 17.2 Å². The van der Waals surface area contributed by atoms with E-state index in [0.29, 0.717) is 23.9 Å². The fourth-order valence-electron chi connectivity index (χ4n) is 5.20. The van der Waals surface area contributed by atoms with Gasteiger partial charge in [-0.3, -0.25) is 9.71 Å². The summed E-state index contributed by atoms with van der Waals surface area (Å²) < 4.78 is 71.8. The molecule has 1 N–H and O–H groups in total. The van der Waals surface area contributed by atoms with Gasteiger partial charge in [0.1, 0.15) is 16.5 Å². The molecule has 0 radical (unpaired) electrons. The van der Waals surface area contributed by atoms with Crippen molar-refractivity contribution in [2.24, 2.45) is 0 Å².